The molecule has 126 valence electrons. The Balaban J connectivity index is 1.72. The van der Waals surface area contributed by atoms with Crippen molar-refractivity contribution < 1.29 is 18.0 Å². The maximum Gasteiger partial charge on any atom is 0.258 e. The fraction of sp³-hybridized carbons (Fsp3) is 0.235. The van der Waals surface area contributed by atoms with Crippen LogP contribution in [0.5, 0.6) is 0 Å². The summed E-state index contributed by atoms with van der Waals surface area (Å²) in [5.74, 6) is -5.31. The summed E-state index contributed by atoms with van der Waals surface area (Å²) in [5.41, 5.74) is 0.927. The van der Waals surface area contributed by atoms with Crippen molar-refractivity contribution in [1.82, 2.24) is 5.32 Å². The summed E-state index contributed by atoms with van der Waals surface area (Å²) in [6, 6.07) is 8.71. The standard InChI is InChI=1S/C17H16F3N3O/c18-14-6-5-13(15(19)16(14)20)17(24)22-11-1-3-12(4-2-11)23-9-7-21-8-10-23/h1-6,21H,7-10H2,(H,22,24). The van der Waals surface area contributed by atoms with Gasteiger partial charge in [0.1, 0.15) is 0 Å². The van der Waals surface area contributed by atoms with Gasteiger partial charge in [-0.2, -0.15) is 0 Å². The average Bonchev–Trinajstić information content (AvgIpc) is 2.61. The minimum atomic E-state index is -1.66. The Morgan fingerprint density at radius 3 is 2.29 bits per heavy atom. The van der Waals surface area contributed by atoms with E-state index in [-0.39, 0.29) is 0 Å². The molecule has 2 aromatic rings. The van der Waals surface area contributed by atoms with Crippen LogP contribution in [0.15, 0.2) is 36.4 Å². The number of rotatable bonds is 3. The van der Waals surface area contributed by atoms with E-state index in [1.165, 1.54) is 0 Å². The van der Waals surface area contributed by atoms with Crippen LogP contribution in [0.1, 0.15) is 10.4 Å². The molecule has 24 heavy (non-hydrogen) atoms. The Bertz CT molecular complexity index is 743. The molecule has 2 N–H and O–H groups in total. The van der Waals surface area contributed by atoms with Crippen molar-refractivity contribution in [3.63, 3.8) is 0 Å². The van der Waals surface area contributed by atoms with Crippen molar-refractivity contribution >= 4 is 17.3 Å². The Morgan fingerprint density at radius 1 is 0.958 bits per heavy atom. The van der Waals surface area contributed by atoms with E-state index in [1.807, 2.05) is 12.1 Å². The smallest absolute Gasteiger partial charge is 0.258 e. The maximum absolute atomic E-state index is 13.6. The van der Waals surface area contributed by atoms with Gasteiger partial charge in [0.05, 0.1) is 5.56 Å². The number of hydrogen-bond donors (Lipinski definition) is 2. The zero-order valence-electron chi connectivity index (χ0n) is 12.8. The van der Waals surface area contributed by atoms with Crippen LogP contribution in [0.3, 0.4) is 0 Å². The zero-order valence-corrected chi connectivity index (χ0v) is 12.8. The molecule has 1 aliphatic heterocycles. The van der Waals surface area contributed by atoms with Gasteiger partial charge in [-0.1, -0.05) is 0 Å². The van der Waals surface area contributed by atoms with E-state index in [4.69, 9.17) is 0 Å². The van der Waals surface area contributed by atoms with E-state index in [2.05, 4.69) is 15.5 Å². The number of benzene rings is 2. The first-order valence-electron chi connectivity index (χ1n) is 7.57. The van der Waals surface area contributed by atoms with E-state index in [1.54, 1.807) is 12.1 Å². The molecule has 1 saturated heterocycles. The number of hydrogen-bond acceptors (Lipinski definition) is 3. The van der Waals surface area contributed by atoms with Crippen LogP contribution in [0.2, 0.25) is 0 Å². The lowest BCUT2D eigenvalue weighted by Crippen LogP contribution is -2.43. The zero-order chi connectivity index (χ0) is 17.1. The fourth-order valence-corrected chi connectivity index (χ4v) is 2.58. The molecular formula is C17H16F3N3O. The second-order valence-electron chi connectivity index (χ2n) is 5.46. The predicted octanol–water partition coefficient (Wildman–Crippen LogP) is 2.77. The molecular weight excluding hydrogens is 319 g/mol. The van der Waals surface area contributed by atoms with Gasteiger partial charge < -0.3 is 15.5 Å². The molecule has 0 aromatic heterocycles. The third kappa shape index (κ3) is 3.35. The van der Waals surface area contributed by atoms with Crippen molar-refractivity contribution in [1.29, 1.82) is 0 Å². The van der Waals surface area contributed by atoms with E-state index in [0.717, 1.165) is 44.0 Å². The van der Waals surface area contributed by atoms with Crippen molar-refractivity contribution in [2.75, 3.05) is 36.4 Å². The number of nitrogens with zero attached hydrogens (tertiary/aromatic N) is 1. The number of nitrogens with one attached hydrogen (secondary N) is 2. The summed E-state index contributed by atoms with van der Waals surface area (Å²) in [7, 11) is 0. The Labute approximate surface area is 137 Å². The summed E-state index contributed by atoms with van der Waals surface area (Å²) < 4.78 is 39.8. The number of piperazine rings is 1. The highest BCUT2D eigenvalue weighted by Gasteiger charge is 2.19. The maximum atomic E-state index is 13.6. The van der Waals surface area contributed by atoms with Gasteiger partial charge in [-0.25, -0.2) is 13.2 Å². The van der Waals surface area contributed by atoms with Crippen molar-refractivity contribution in [2.24, 2.45) is 0 Å². The molecule has 7 heteroatoms. The number of amides is 1. The first-order chi connectivity index (χ1) is 11.6. The topological polar surface area (TPSA) is 44.4 Å². The molecule has 1 amide bonds. The number of carbonyl (C=O) groups is 1. The summed E-state index contributed by atoms with van der Waals surface area (Å²) in [5, 5.41) is 5.74. The van der Waals surface area contributed by atoms with Crippen molar-refractivity contribution in [3.05, 3.63) is 59.4 Å². The SMILES string of the molecule is O=C(Nc1ccc(N2CCNCC2)cc1)c1ccc(F)c(F)c1F. The molecule has 1 aliphatic rings. The van der Waals surface area contributed by atoms with Gasteiger partial charge in [-0.15, -0.1) is 0 Å². The molecule has 1 fully saturated rings. The van der Waals surface area contributed by atoms with E-state index < -0.39 is 28.9 Å². The Kier molecular flexibility index (Phi) is 4.71. The molecule has 0 bridgehead atoms. The van der Waals surface area contributed by atoms with Crippen LogP contribution in [0.25, 0.3) is 0 Å². The molecule has 2 aromatic carbocycles. The highest BCUT2D eigenvalue weighted by molar-refractivity contribution is 6.04. The predicted molar refractivity (Wildman–Crippen MR) is 85.8 cm³/mol. The Morgan fingerprint density at radius 2 is 1.62 bits per heavy atom. The second-order valence-corrected chi connectivity index (χ2v) is 5.46. The van der Waals surface area contributed by atoms with Crippen LogP contribution >= 0.6 is 0 Å². The summed E-state index contributed by atoms with van der Waals surface area (Å²) >= 11 is 0. The minimum absolute atomic E-state index is 0.447. The quantitative estimate of drug-likeness (QED) is 0.848. The molecule has 0 unspecified atom stereocenters. The monoisotopic (exact) mass is 335 g/mol. The van der Waals surface area contributed by atoms with Crippen LogP contribution in [0.4, 0.5) is 24.5 Å². The van der Waals surface area contributed by atoms with Gasteiger partial charge in [0, 0.05) is 37.6 Å². The summed E-state index contributed by atoms with van der Waals surface area (Å²) in [6.45, 7) is 3.61. The number of carbonyl (C=O) groups excluding carboxylic acids is 1. The van der Waals surface area contributed by atoms with Gasteiger partial charge in [-0.3, -0.25) is 4.79 Å². The number of anilines is 2. The molecule has 3 rings (SSSR count). The van der Waals surface area contributed by atoms with E-state index in [0.29, 0.717) is 5.69 Å². The van der Waals surface area contributed by atoms with Crippen LogP contribution in [-0.2, 0) is 0 Å². The van der Waals surface area contributed by atoms with Crippen molar-refractivity contribution in [3.8, 4) is 0 Å². The largest absolute Gasteiger partial charge is 0.369 e. The summed E-state index contributed by atoms with van der Waals surface area (Å²) in [4.78, 5) is 14.2. The minimum Gasteiger partial charge on any atom is -0.369 e. The molecule has 0 radical (unpaired) electrons. The van der Waals surface area contributed by atoms with Crippen molar-refractivity contribution in [2.45, 2.75) is 0 Å². The van der Waals surface area contributed by atoms with E-state index >= 15 is 0 Å². The number of halogens is 3. The normalized spacial score (nSPS) is 14.5. The third-order valence-corrected chi connectivity index (χ3v) is 3.89. The molecule has 0 saturated carbocycles. The van der Waals surface area contributed by atoms with Gasteiger partial charge in [-0.05, 0) is 36.4 Å². The lowest BCUT2D eigenvalue weighted by Gasteiger charge is -2.29. The van der Waals surface area contributed by atoms with Crippen LogP contribution in [-0.4, -0.2) is 32.1 Å². The first-order valence-corrected chi connectivity index (χ1v) is 7.57. The van der Waals surface area contributed by atoms with Gasteiger partial charge in [0.15, 0.2) is 17.5 Å². The molecule has 0 spiro atoms. The highest BCUT2D eigenvalue weighted by Crippen LogP contribution is 2.20. The van der Waals surface area contributed by atoms with Gasteiger partial charge in [0.25, 0.3) is 5.91 Å². The molecule has 4 nitrogen and oxygen atoms in total. The third-order valence-electron chi connectivity index (χ3n) is 3.89. The summed E-state index contributed by atoms with van der Waals surface area (Å²) in [6.07, 6.45) is 0. The first kappa shape index (κ1) is 16.3. The molecule has 1 heterocycles. The highest BCUT2D eigenvalue weighted by atomic mass is 19.2. The lowest BCUT2D eigenvalue weighted by atomic mass is 10.1. The van der Waals surface area contributed by atoms with Gasteiger partial charge >= 0.3 is 0 Å². The van der Waals surface area contributed by atoms with E-state index in [9.17, 15) is 18.0 Å². The lowest BCUT2D eigenvalue weighted by molar-refractivity contribution is 0.102. The Hall–Kier alpha value is -2.54. The fourth-order valence-electron chi connectivity index (χ4n) is 2.58. The van der Waals surface area contributed by atoms with Crippen LogP contribution in [0, 0.1) is 17.5 Å². The average molecular weight is 335 g/mol. The molecule has 0 aliphatic carbocycles. The van der Waals surface area contributed by atoms with Gasteiger partial charge in [0.2, 0.25) is 0 Å². The second kappa shape index (κ2) is 6.92. The molecule has 0 atom stereocenters. The van der Waals surface area contributed by atoms with Crippen LogP contribution < -0.4 is 15.5 Å².